The minimum atomic E-state index is -1.40. The molecule has 0 aliphatic heterocycles. The van der Waals surface area contributed by atoms with E-state index in [9.17, 15) is 23.2 Å². The minimum Gasteiger partial charge on any atom is -0.410 e. The SMILES string of the molecule is O=C(Nc1cc(OC(=O)Oc2cc(NC(=O)Oc3ccccc3)c(F)cc2Cl)c(Cl)cc1F)Oc1ccccc1. The van der Waals surface area contributed by atoms with Gasteiger partial charge in [0.15, 0.2) is 11.5 Å². The molecule has 4 rings (SSSR count). The van der Waals surface area contributed by atoms with Crippen LogP contribution < -0.4 is 29.6 Å². The Labute approximate surface area is 235 Å². The predicted molar refractivity (Wildman–Crippen MR) is 142 cm³/mol. The van der Waals surface area contributed by atoms with E-state index < -0.39 is 52.9 Å². The van der Waals surface area contributed by atoms with Gasteiger partial charge >= 0.3 is 18.3 Å². The van der Waals surface area contributed by atoms with E-state index in [0.717, 1.165) is 24.3 Å². The molecule has 0 unspecified atom stereocenters. The molecule has 13 heteroatoms. The van der Waals surface area contributed by atoms with Gasteiger partial charge in [0.1, 0.15) is 23.1 Å². The lowest BCUT2D eigenvalue weighted by molar-refractivity contribution is 0.152. The molecule has 9 nitrogen and oxygen atoms in total. The second-order valence-corrected chi connectivity index (χ2v) is 8.45. The van der Waals surface area contributed by atoms with Gasteiger partial charge in [-0.15, -0.1) is 0 Å². The van der Waals surface area contributed by atoms with Crippen LogP contribution in [-0.4, -0.2) is 18.3 Å². The Hall–Kier alpha value is -4.87. The van der Waals surface area contributed by atoms with Crippen LogP contribution in [0.25, 0.3) is 0 Å². The first-order valence-corrected chi connectivity index (χ1v) is 11.9. The molecule has 0 radical (unpaired) electrons. The summed E-state index contributed by atoms with van der Waals surface area (Å²) in [5.41, 5.74) is -0.840. The van der Waals surface area contributed by atoms with Crippen molar-refractivity contribution < 1.29 is 42.1 Å². The fraction of sp³-hybridized carbons (Fsp3) is 0. The highest BCUT2D eigenvalue weighted by atomic mass is 35.5. The van der Waals surface area contributed by atoms with E-state index in [1.165, 1.54) is 24.3 Å². The zero-order valence-electron chi connectivity index (χ0n) is 20.0. The summed E-state index contributed by atoms with van der Waals surface area (Å²) < 4.78 is 48.8. The lowest BCUT2D eigenvalue weighted by Crippen LogP contribution is -2.19. The van der Waals surface area contributed by atoms with E-state index in [-0.39, 0.29) is 21.5 Å². The van der Waals surface area contributed by atoms with Crippen molar-refractivity contribution in [3.8, 4) is 23.0 Å². The van der Waals surface area contributed by atoms with Crippen molar-refractivity contribution in [2.24, 2.45) is 0 Å². The highest BCUT2D eigenvalue weighted by Gasteiger charge is 2.20. The summed E-state index contributed by atoms with van der Waals surface area (Å²) in [5, 5.41) is 3.65. The van der Waals surface area contributed by atoms with Crippen LogP contribution in [0.2, 0.25) is 10.0 Å². The van der Waals surface area contributed by atoms with Crippen molar-refractivity contribution in [2.45, 2.75) is 0 Å². The Kier molecular flexibility index (Phi) is 9.00. The molecule has 0 saturated heterocycles. The van der Waals surface area contributed by atoms with Gasteiger partial charge in [0.25, 0.3) is 0 Å². The Balaban J connectivity index is 1.43. The second kappa shape index (κ2) is 12.8. The van der Waals surface area contributed by atoms with Gasteiger partial charge in [0.2, 0.25) is 0 Å². The summed E-state index contributed by atoms with van der Waals surface area (Å²) in [6.07, 6.45) is -3.45. The van der Waals surface area contributed by atoms with E-state index in [0.29, 0.717) is 0 Å². The number of rotatable bonds is 6. The van der Waals surface area contributed by atoms with Crippen molar-refractivity contribution in [3.05, 3.63) is 107 Å². The topological polar surface area (TPSA) is 112 Å². The van der Waals surface area contributed by atoms with Gasteiger partial charge in [-0.1, -0.05) is 59.6 Å². The first-order chi connectivity index (χ1) is 19.2. The van der Waals surface area contributed by atoms with Gasteiger partial charge in [-0.3, -0.25) is 10.6 Å². The van der Waals surface area contributed by atoms with Crippen LogP contribution in [0.1, 0.15) is 0 Å². The molecule has 0 aromatic heterocycles. The van der Waals surface area contributed by atoms with Crippen LogP contribution in [0.5, 0.6) is 23.0 Å². The number of para-hydroxylation sites is 2. The molecule has 0 saturated carbocycles. The normalized spacial score (nSPS) is 10.3. The molecule has 0 heterocycles. The summed E-state index contributed by atoms with van der Waals surface area (Å²) in [4.78, 5) is 36.7. The van der Waals surface area contributed by atoms with E-state index in [1.807, 2.05) is 0 Å². The van der Waals surface area contributed by atoms with Crippen LogP contribution in [0.3, 0.4) is 0 Å². The first-order valence-electron chi connectivity index (χ1n) is 11.1. The van der Waals surface area contributed by atoms with Crippen molar-refractivity contribution in [2.75, 3.05) is 10.6 Å². The second-order valence-electron chi connectivity index (χ2n) is 7.63. The van der Waals surface area contributed by atoms with Crippen LogP contribution in [0.4, 0.5) is 34.5 Å². The Bertz CT molecular complexity index is 1440. The fourth-order valence-corrected chi connectivity index (χ4v) is 3.45. The maximum atomic E-state index is 14.4. The van der Waals surface area contributed by atoms with Gasteiger partial charge in [-0.2, -0.15) is 0 Å². The molecule has 4 aromatic rings. The molecule has 0 bridgehead atoms. The molecule has 0 spiro atoms. The number of hydrogen-bond acceptors (Lipinski definition) is 7. The maximum Gasteiger partial charge on any atom is 0.519 e. The quantitative estimate of drug-likeness (QED) is 0.173. The highest BCUT2D eigenvalue weighted by molar-refractivity contribution is 6.32. The molecule has 0 atom stereocenters. The fourth-order valence-electron chi connectivity index (χ4n) is 3.07. The number of hydrogen-bond donors (Lipinski definition) is 2. The van der Waals surface area contributed by atoms with Gasteiger partial charge in [-0.25, -0.2) is 23.2 Å². The Morgan fingerprint density at radius 2 is 0.950 bits per heavy atom. The molecule has 40 heavy (non-hydrogen) atoms. The third-order valence-corrected chi connectivity index (χ3v) is 5.40. The standard InChI is InChI=1S/C27H16Cl2F2N2O7/c28-17-11-19(30)21(32-25(34)37-15-7-3-1-4-8-15)13-23(17)39-27(36)40-24-14-22(20(31)12-18(24)29)33-26(35)38-16-9-5-2-6-10-16/h1-14H,(H,32,34)(H,33,35). The molecule has 2 amide bonds. The van der Waals surface area contributed by atoms with E-state index >= 15 is 0 Å². The van der Waals surface area contributed by atoms with E-state index in [1.54, 1.807) is 36.4 Å². The molecule has 0 aliphatic rings. The van der Waals surface area contributed by atoms with Gasteiger partial charge < -0.3 is 18.9 Å². The largest absolute Gasteiger partial charge is 0.519 e. The number of amides is 2. The monoisotopic (exact) mass is 588 g/mol. The number of carbonyl (C=O) groups excluding carboxylic acids is 3. The van der Waals surface area contributed by atoms with Crippen LogP contribution >= 0.6 is 23.2 Å². The number of anilines is 2. The average Bonchev–Trinajstić information content (AvgIpc) is 2.90. The molecule has 0 fully saturated rings. The van der Waals surface area contributed by atoms with Crippen LogP contribution in [-0.2, 0) is 0 Å². The number of benzene rings is 4. The Morgan fingerprint density at radius 1 is 0.575 bits per heavy atom. The van der Waals surface area contributed by atoms with Crippen molar-refractivity contribution in [3.63, 3.8) is 0 Å². The first kappa shape index (κ1) is 28.1. The summed E-state index contributed by atoms with van der Waals surface area (Å²) >= 11 is 11.9. The van der Waals surface area contributed by atoms with Crippen LogP contribution in [0, 0.1) is 11.6 Å². The van der Waals surface area contributed by atoms with Crippen LogP contribution in [0.15, 0.2) is 84.9 Å². The molecule has 204 valence electrons. The van der Waals surface area contributed by atoms with E-state index in [2.05, 4.69) is 10.6 Å². The summed E-state index contributed by atoms with van der Waals surface area (Å²) in [6.45, 7) is 0. The molecular weight excluding hydrogens is 573 g/mol. The zero-order chi connectivity index (χ0) is 28.6. The predicted octanol–water partition coefficient (Wildman–Crippen LogP) is 8.07. The molecule has 2 N–H and O–H groups in total. The van der Waals surface area contributed by atoms with E-state index in [4.69, 9.17) is 42.1 Å². The van der Waals surface area contributed by atoms with Crippen molar-refractivity contribution in [1.82, 2.24) is 0 Å². The van der Waals surface area contributed by atoms with Crippen molar-refractivity contribution >= 4 is 52.9 Å². The zero-order valence-corrected chi connectivity index (χ0v) is 21.5. The van der Waals surface area contributed by atoms with Crippen molar-refractivity contribution in [1.29, 1.82) is 0 Å². The number of ether oxygens (including phenoxy) is 4. The highest BCUT2D eigenvalue weighted by Crippen LogP contribution is 2.33. The lowest BCUT2D eigenvalue weighted by Gasteiger charge is -2.13. The molecule has 4 aromatic carbocycles. The number of halogens is 4. The summed E-state index contributed by atoms with van der Waals surface area (Å²) in [7, 11) is 0. The maximum absolute atomic E-state index is 14.4. The molecular formula is C27H16Cl2F2N2O7. The summed E-state index contributed by atoms with van der Waals surface area (Å²) in [5.74, 6) is -2.29. The summed E-state index contributed by atoms with van der Waals surface area (Å²) in [6, 6.07) is 19.4. The molecule has 0 aliphatic carbocycles. The number of carbonyl (C=O) groups is 3. The van der Waals surface area contributed by atoms with Gasteiger partial charge in [0.05, 0.1) is 21.4 Å². The lowest BCUT2D eigenvalue weighted by atomic mass is 10.3. The van der Waals surface area contributed by atoms with Gasteiger partial charge in [-0.05, 0) is 36.4 Å². The van der Waals surface area contributed by atoms with Gasteiger partial charge in [0, 0.05) is 12.1 Å². The smallest absolute Gasteiger partial charge is 0.410 e. The average molecular weight is 589 g/mol. The third-order valence-electron chi connectivity index (χ3n) is 4.81. The Morgan fingerprint density at radius 3 is 1.32 bits per heavy atom. The minimum absolute atomic E-state index is 0.202. The number of nitrogens with one attached hydrogen (secondary N) is 2. The third kappa shape index (κ3) is 7.59.